The molecule has 1 aromatic carbocycles. The number of anilines is 1. The fraction of sp³-hybridized carbons (Fsp3) is 0.417. The van der Waals surface area contributed by atoms with Gasteiger partial charge in [-0.1, -0.05) is 13.8 Å². The molecule has 0 saturated heterocycles. The number of carbonyl (C=O) groups is 1. The SMILES string of the molecule is CC(C)C(CC(=O)O)Nc1c(F)c(F)c(F)c(F)c1F. The molecule has 0 heterocycles. The van der Waals surface area contributed by atoms with Crippen molar-refractivity contribution in [1.29, 1.82) is 0 Å². The number of nitrogens with one attached hydrogen (secondary N) is 1. The molecular formula is C12H12F5NO2. The molecule has 0 aliphatic rings. The number of benzene rings is 1. The summed E-state index contributed by atoms with van der Waals surface area (Å²) in [4.78, 5) is 10.6. The number of hydrogen-bond donors (Lipinski definition) is 2. The molecule has 0 saturated carbocycles. The summed E-state index contributed by atoms with van der Waals surface area (Å²) < 4.78 is 65.7. The second-order valence-corrected chi connectivity index (χ2v) is 4.54. The van der Waals surface area contributed by atoms with Crippen LogP contribution < -0.4 is 5.32 Å². The van der Waals surface area contributed by atoms with Gasteiger partial charge in [-0.2, -0.15) is 0 Å². The van der Waals surface area contributed by atoms with Crippen LogP contribution in [-0.4, -0.2) is 17.1 Å². The molecule has 0 amide bonds. The first-order valence-corrected chi connectivity index (χ1v) is 5.66. The molecule has 0 radical (unpaired) electrons. The molecule has 0 aliphatic heterocycles. The van der Waals surface area contributed by atoms with E-state index in [1.165, 1.54) is 0 Å². The Morgan fingerprint density at radius 3 is 1.75 bits per heavy atom. The Kier molecular flexibility index (Phi) is 4.91. The highest BCUT2D eigenvalue weighted by atomic mass is 19.2. The normalized spacial score (nSPS) is 12.6. The average Bonchev–Trinajstić information content (AvgIpc) is 2.37. The molecule has 0 fully saturated rings. The minimum absolute atomic E-state index is 0.402. The molecule has 1 aromatic rings. The molecule has 1 atom stereocenters. The van der Waals surface area contributed by atoms with E-state index >= 15 is 0 Å². The van der Waals surface area contributed by atoms with E-state index < -0.39 is 59.1 Å². The lowest BCUT2D eigenvalue weighted by Crippen LogP contribution is -2.30. The van der Waals surface area contributed by atoms with Crippen LogP contribution in [0.1, 0.15) is 20.3 Å². The van der Waals surface area contributed by atoms with Crippen LogP contribution in [-0.2, 0) is 4.79 Å². The monoisotopic (exact) mass is 297 g/mol. The second-order valence-electron chi connectivity index (χ2n) is 4.54. The highest BCUT2D eigenvalue weighted by molar-refractivity contribution is 5.68. The third kappa shape index (κ3) is 3.17. The van der Waals surface area contributed by atoms with Crippen molar-refractivity contribution >= 4 is 11.7 Å². The molecule has 20 heavy (non-hydrogen) atoms. The van der Waals surface area contributed by atoms with Gasteiger partial charge in [-0.3, -0.25) is 4.79 Å². The molecule has 2 N–H and O–H groups in total. The smallest absolute Gasteiger partial charge is 0.305 e. The Morgan fingerprint density at radius 1 is 1.00 bits per heavy atom. The lowest BCUT2D eigenvalue weighted by molar-refractivity contribution is -0.137. The van der Waals surface area contributed by atoms with E-state index in [1.807, 2.05) is 0 Å². The average molecular weight is 297 g/mol. The molecule has 3 nitrogen and oxygen atoms in total. The Labute approximate surface area is 111 Å². The quantitative estimate of drug-likeness (QED) is 0.498. The number of carboxylic acids is 1. The van der Waals surface area contributed by atoms with E-state index in [0.29, 0.717) is 0 Å². The lowest BCUT2D eigenvalue weighted by atomic mass is 10.0. The zero-order valence-electron chi connectivity index (χ0n) is 10.6. The highest BCUT2D eigenvalue weighted by Gasteiger charge is 2.28. The van der Waals surface area contributed by atoms with Gasteiger partial charge in [0.25, 0.3) is 0 Å². The molecule has 0 bridgehead atoms. The van der Waals surface area contributed by atoms with Gasteiger partial charge in [-0.05, 0) is 5.92 Å². The number of hydrogen-bond acceptors (Lipinski definition) is 2. The molecule has 112 valence electrons. The van der Waals surface area contributed by atoms with Crippen LogP contribution in [0.5, 0.6) is 0 Å². The zero-order valence-corrected chi connectivity index (χ0v) is 10.6. The third-order valence-electron chi connectivity index (χ3n) is 2.74. The van der Waals surface area contributed by atoms with Crippen molar-refractivity contribution in [2.45, 2.75) is 26.3 Å². The second kappa shape index (κ2) is 6.06. The Hall–Kier alpha value is -1.86. The number of aliphatic carboxylic acids is 1. The van der Waals surface area contributed by atoms with Crippen molar-refractivity contribution in [3.05, 3.63) is 29.1 Å². The summed E-state index contributed by atoms with van der Waals surface area (Å²) in [5.41, 5.74) is -1.22. The standard InChI is InChI=1S/C12H12F5NO2/c1-4(2)5(3-6(19)20)18-12-10(16)8(14)7(13)9(15)11(12)17/h4-5,18H,3H2,1-2H3,(H,19,20). The Balaban J connectivity index is 3.23. The van der Waals surface area contributed by atoms with Gasteiger partial charge in [0, 0.05) is 6.04 Å². The van der Waals surface area contributed by atoms with E-state index in [2.05, 4.69) is 5.32 Å². The van der Waals surface area contributed by atoms with E-state index in [4.69, 9.17) is 5.11 Å². The van der Waals surface area contributed by atoms with Crippen LogP contribution in [0.2, 0.25) is 0 Å². The molecule has 8 heteroatoms. The van der Waals surface area contributed by atoms with Crippen molar-refractivity contribution in [2.24, 2.45) is 5.92 Å². The summed E-state index contributed by atoms with van der Waals surface area (Å²) in [6.45, 7) is 3.10. The van der Waals surface area contributed by atoms with Crippen LogP contribution in [0.3, 0.4) is 0 Å². The Bertz CT molecular complexity index is 504. The zero-order chi connectivity index (χ0) is 15.6. The summed E-state index contributed by atoms with van der Waals surface area (Å²) in [5, 5.41) is 10.7. The van der Waals surface area contributed by atoms with Gasteiger partial charge in [0.15, 0.2) is 23.3 Å². The minimum Gasteiger partial charge on any atom is -0.481 e. The number of halogens is 5. The summed E-state index contributed by atoms with van der Waals surface area (Å²) in [5.74, 6) is -12.1. The van der Waals surface area contributed by atoms with Gasteiger partial charge in [0.1, 0.15) is 5.69 Å². The van der Waals surface area contributed by atoms with Gasteiger partial charge in [0.2, 0.25) is 5.82 Å². The first-order chi connectivity index (χ1) is 9.16. The van der Waals surface area contributed by atoms with Crippen LogP contribution in [0.4, 0.5) is 27.6 Å². The number of rotatable bonds is 5. The molecule has 0 aromatic heterocycles. The van der Waals surface area contributed by atoms with Crippen LogP contribution >= 0.6 is 0 Å². The molecule has 1 unspecified atom stereocenters. The van der Waals surface area contributed by atoms with E-state index in [1.54, 1.807) is 13.8 Å². The van der Waals surface area contributed by atoms with E-state index in [0.717, 1.165) is 0 Å². The predicted octanol–water partition coefficient (Wildman–Crippen LogP) is 3.29. The number of carboxylic acid groups (broad SMARTS) is 1. The minimum atomic E-state index is -2.26. The molecule has 0 spiro atoms. The lowest BCUT2D eigenvalue weighted by Gasteiger charge is -2.22. The van der Waals surface area contributed by atoms with Crippen molar-refractivity contribution in [3.8, 4) is 0 Å². The third-order valence-corrected chi connectivity index (χ3v) is 2.74. The summed E-state index contributed by atoms with van der Waals surface area (Å²) in [6.07, 6.45) is -0.531. The van der Waals surface area contributed by atoms with Crippen molar-refractivity contribution < 1.29 is 31.9 Å². The Morgan fingerprint density at radius 2 is 1.40 bits per heavy atom. The molecular weight excluding hydrogens is 285 g/mol. The van der Waals surface area contributed by atoms with E-state index in [-0.39, 0.29) is 0 Å². The van der Waals surface area contributed by atoms with Gasteiger partial charge < -0.3 is 10.4 Å². The summed E-state index contributed by atoms with van der Waals surface area (Å²) >= 11 is 0. The highest BCUT2D eigenvalue weighted by Crippen LogP contribution is 2.28. The fourth-order valence-corrected chi connectivity index (χ4v) is 1.56. The summed E-state index contributed by atoms with van der Waals surface area (Å²) in [7, 11) is 0. The maximum atomic E-state index is 13.4. The van der Waals surface area contributed by atoms with Gasteiger partial charge >= 0.3 is 5.97 Å². The van der Waals surface area contributed by atoms with Gasteiger partial charge in [-0.25, -0.2) is 22.0 Å². The van der Waals surface area contributed by atoms with Crippen molar-refractivity contribution in [2.75, 3.05) is 5.32 Å². The van der Waals surface area contributed by atoms with E-state index in [9.17, 15) is 26.7 Å². The van der Waals surface area contributed by atoms with Crippen molar-refractivity contribution in [3.63, 3.8) is 0 Å². The topological polar surface area (TPSA) is 49.3 Å². The van der Waals surface area contributed by atoms with Crippen LogP contribution in [0, 0.1) is 35.0 Å². The first kappa shape index (κ1) is 16.2. The van der Waals surface area contributed by atoms with Crippen LogP contribution in [0.15, 0.2) is 0 Å². The predicted molar refractivity (Wildman–Crippen MR) is 60.7 cm³/mol. The van der Waals surface area contributed by atoms with Crippen LogP contribution in [0.25, 0.3) is 0 Å². The van der Waals surface area contributed by atoms with Gasteiger partial charge in [-0.15, -0.1) is 0 Å². The maximum absolute atomic E-state index is 13.4. The largest absolute Gasteiger partial charge is 0.481 e. The fourth-order valence-electron chi connectivity index (χ4n) is 1.56. The maximum Gasteiger partial charge on any atom is 0.305 e. The first-order valence-electron chi connectivity index (χ1n) is 5.66. The molecule has 0 aliphatic carbocycles. The van der Waals surface area contributed by atoms with Gasteiger partial charge in [0.05, 0.1) is 6.42 Å². The summed E-state index contributed by atoms with van der Waals surface area (Å²) in [6, 6.07) is -0.985. The molecule has 1 rings (SSSR count). The van der Waals surface area contributed by atoms with Crippen molar-refractivity contribution in [1.82, 2.24) is 0 Å².